The summed E-state index contributed by atoms with van der Waals surface area (Å²) >= 11 is 0. The molecule has 0 spiro atoms. The van der Waals surface area contributed by atoms with Crippen LogP contribution in [0.4, 0.5) is 5.69 Å². The van der Waals surface area contributed by atoms with Gasteiger partial charge in [0.15, 0.2) is 12.7 Å². The average molecular weight is 281 g/mol. The smallest absolute Gasteiger partial charge is 0.338 e. The van der Waals surface area contributed by atoms with E-state index < -0.39 is 18.2 Å². The number of fused-ring (bicyclic) bond motifs is 1. The van der Waals surface area contributed by atoms with E-state index in [2.05, 4.69) is 10.1 Å². The number of benzene rings is 1. The van der Waals surface area contributed by atoms with Gasteiger partial charge in [0.2, 0.25) is 0 Å². The number of ether oxygens (including phenoxy) is 2. The second-order valence-electron chi connectivity index (χ2n) is 4.23. The van der Waals surface area contributed by atoms with Crippen molar-refractivity contribution in [3.8, 4) is 5.75 Å². The van der Waals surface area contributed by atoms with Crippen LogP contribution in [0, 0.1) is 0 Å². The predicted molar refractivity (Wildman–Crippen MR) is 68.2 cm³/mol. The zero-order chi connectivity index (χ0) is 14.7. The Hall–Kier alpha value is -2.12. The Kier molecular flexibility index (Phi) is 4.21. The molecule has 0 saturated heterocycles. The first-order valence-electron chi connectivity index (χ1n) is 6.12. The van der Waals surface area contributed by atoms with E-state index in [0.717, 1.165) is 0 Å². The van der Waals surface area contributed by atoms with E-state index >= 15 is 0 Å². The van der Waals surface area contributed by atoms with Gasteiger partial charge in [-0.15, -0.1) is 0 Å². The Morgan fingerprint density at radius 1 is 1.50 bits per heavy atom. The van der Waals surface area contributed by atoms with Crippen LogP contribution in [0.15, 0.2) is 18.2 Å². The zero-order valence-electron chi connectivity index (χ0n) is 10.8. The lowest BCUT2D eigenvalue weighted by Crippen LogP contribution is -2.30. The van der Waals surface area contributed by atoms with Crippen molar-refractivity contribution in [1.82, 2.24) is 0 Å². The van der Waals surface area contributed by atoms with Crippen LogP contribution in [-0.4, -0.2) is 41.4 Å². The van der Waals surface area contributed by atoms with E-state index in [-0.39, 0.29) is 24.7 Å². The molecule has 1 heterocycles. The van der Waals surface area contributed by atoms with Gasteiger partial charge in [-0.1, -0.05) is 6.07 Å². The van der Waals surface area contributed by atoms with Crippen LogP contribution in [-0.2, 0) is 14.3 Å². The number of aliphatic hydroxyl groups excluding tert-OH is 2. The van der Waals surface area contributed by atoms with E-state index in [4.69, 9.17) is 4.74 Å². The van der Waals surface area contributed by atoms with Crippen LogP contribution >= 0.6 is 0 Å². The van der Waals surface area contributed by atoms with Gasteiger partial charge in [0.1, 0.15) is 11.9 Å². The Morgan fingerprint density at radius 3 is 2.95 bits per heavy atom. The number of hydrogen-bond donors (Lipinski definition) is 3. The molecule has 0 aromatic heterocycles. The third-order valence-corrected chi connectivity index (χ3v) is 2.81. The number of amides is 1. The minimum atomic E-state index is -1.69. The molecule has 1 aromatic carbocycles. The van der Waals surface area contributed by atoms with Crippen LogP contribution < -0.4 is 10.1 Å². The molecule has 0 radical (unpaired) electrons. The number of hydrogen-bond acceptors (Lipinski definition) is 6. The van der Waals surface area contributed by atoms with Gasteiger partial charge in [0.05, 0.1) is 12.3 Å². The number of esters is 1. The molecule has 2 atom stereocenters. The van der Waals surface area contributed by atoms with Gasteiger partial charge in [0, 0.05) is 0 Å². The van der Waals surface area contributed by atoms with Crippen LogP contribution in [0.5, 0.6) is 5.75 Å². The molecular weight excluding hydrogens is 266 g/mol. The first-order chi connectivity index (χ1) is 9.52. The highest BCUT2D eigenvalue weighted by atomic mass is 16.5. The normalized spacial score (nSPS) is 16.4. The molecule has 3 N–H and O–H groups in total. The number of carbonyl (C=O) groups is 2. The second-order valence-corrected chi connectivity index (χ2v) is 4.23. The lowest BCUT2D eigenvalue weighted by molar-refractivity contribution is -0.159. The first-order valence-corrected chi connectivity index (χ1v) is 6.12. The van der Waals surface area contributed by atoms with Crippen LogP contribution in [0.2, 0.25) is 0 Å². The lowest BCUT2D eigenvalue weighted by Gasteiger charge is -2.21. The molecule has 20 heavy (non-hydrogen) atoms. The number of aliphatic hydroxyl groups is 2. The number of anilines is 1. The fourth-order valence-corrected chi connectivity index (χ4v) is 1.82. The molecule has 1 amide bonds. The zero-order valence-corrected chi connectivity index (χ0v) is 10.8. The van der Waals surface area contributed by atoms with E-state index in [1.165, 1.54) is 12.1 Å². The molecule has 2 rings (SSSR count). The molecule has 2 unspecified atom stereocenters. The van der Waals surface area contributed by atoms with Crippen LogP contribution in [0.25, 0.3) is 0 Å². The van der Waals surface area contributed by atoms with E-state index in [9.17, 15) is 19.8 Å². The summed E-state index contributed by atoms with van der Waals surface area (Å²) in [6.45, 7) is 1.64. The molecular formula is C13H15NO6. The predicted octanol–water partition coefficient (Wildman–Crippen LogP) is -0.0251. The van der Waals surface area contributed by atoms with Gasteiger partial charge in [-0.25, -0.2) is 4.79 Å². The second kappa shape index (κ2) is 5.89. The van der Waals surface area contributed by atoms with Crippen molar-refractivity contribution in [2.45, 2.75) is 19.1 Å². The summed E-state index contributed by atoms with van der Waals surface area (Å²) in [5.74, 6) is -0.751. The molecule has 108 valence electrons. The number of nitrogens with one attached hydrogen (secondary N) is 1. The molecule has 7 nitrogen and oxygen atoms in total. The van der Waals surface area contributed by atoms with Gasteiger partial charge < -0.3 is 25.0 Å². The summed E-state index contributed by atoms with van der Waals surface area (Å²) in [6.07, 6.45) is -3.13. The average Bonchev–Trinajstić information content (AvgIpc) is 2.45. The summed E-state index contributed by atoms with van der Waals surface area (Å²) in [5, 5.41) is 22.2. The van der Waals surface area contributed by atoms with E-state index in [1.807, 2.05) is 0 Å². The summed E-state index contributed by atoms with van der Waals surface area (Å²) < 4.78 is 9.80. The summed E-state index contributed by atoms with van der Waals surface area (Å²) in [5.41, 5.74) is 0.656. The summed E-state index contributed by atoms with van der Waals surface area (Å²) in [4.78, 5) is 22.6. The largest absolute Gasteiger partial charge is 0.482 e. The fourth-order valence-electron chi connectivity index (χ4n) is 1.82. The van der Waals surface area contributed by atoms with Crippen molar-refractivity contribution in [2.75, 3.05) is 18.5 Å². The van der Waals surface area contributed by atoms with Crippen molar-refractivity contribution in [3.63, 3.8) is 0 Å². The van der Waals surface area contributed by atoms with Crippen molar-refractivity contribution in [1.29, 1.82) is 0 Å². The molecule has 0 bridgehead atoms. The van der Waals surface area contributed by atoms with Gasteiger partial charge >= 0.3 is 5.97 Å². The third kappa shape index (κ3) is 2.89. The molecule has 0 fully saturated rings. The summed E-state index contributed by atoms with van der Waals surface area (Å²) in [6, 6.07) is 4.49. The first kappa shape index (κ1) is 14.3. The Morgan fingerprint density at radius 2 is 2.25 bits per heavy atom. The van der Waals surface area contributed by atoms with Crippen molar-refractivity contribution in [3.05, 3.63) is 23.8 Å². The number of rotatable bonds is 4. The van der Waals surface area contributed by atoms with Crippen molar-refractivity contribution in [2.24, 2.45) is 0 Å². The minimum Gasteiger partial charge on any atom is -0.482 e. The Bertz CT molecular complexity index is 530. The van der Waals surface area contributed by atoms with Gasteiger partial charge in [-0.05, 0) is 24.6 Å². The Balaban J connectivity index is 2.18. The van der Waals surface area contributed by atoms with E-state index in [1.54, 1.807) is 13.0 Å². The highest BCUT2D eigenvalue weighted by molar-refractivity contribution is 5.95. The van der Waals surface area contributed by atoms with Crippen LogP contribution in [0.3, 0.4) is 0 Å². The summed E-state index contributed by atoms with van der Waals surface area (Å²) in [7, 11) is 0. The van der Waals surface area contributed by atoms with Gasteiger partial charge in [-0.3, -0.25) is 4.79 Å². The third-order valence-electron chi connectivity index (χ3n) is 2.81. The van der Waals surface area contributed by atoms with E-state index in [0.29, 0.717) is 11.4 Å². The highest BCUT2D eigenvalue weighted by Gasteiger charge is 2.28. The highest BCUT2D eigenvalue weighted by Crippen LogP contribution is 2.31. The maximum Gasteiger partial charge on any atom is 0.338 e. The molecule has 1 aliphatic rings. The quantitative estimate of drug-likeness (QED) is 0.670. The molecule has 0 aliphatic carbocycles. The molecule has 1 aliphatic heterocycles. The SMILES string of the molecule is CCOC(=O)C(O)C(O)c1ccc2c(c1)NC(=O)CO2. The topological polar surface area (TPSA) is 105 Å². The van der Waals surface area contributed by atoms with Crippen molar-refractivity contribution < 1.29 is 29.3 Å². The Labute approximate surface area is 115 Å². The van der Waals surface area contributed by atoms with Crippen LogP contribution in [0.1, 0.15) is 18.6 Å². The molecule has 7 heteroatoms. The van der Waals surface area contributed by atoms with Crippen molar-refractivity contribution >= 4 is 17.6 Å². The standard InChI is InChI=1S/C13H15NO6/c1-2-19-13(18)12(17)11(16)7-3-4-9-8(5-7)14-10(15)6-20-9/h3-5,11-12,16-17H,2,6H2,1H3,(H,14,15). The minimum absolute atomic E-state index is 0.0691. The maximum atomic E-state index is 11.4. The molecule has 1 aromatic rings. The van der Waals surface area contributed by atoms with Gasteiger partial charge in [0.25, 0.3) is 5.91 Å². The number of carbonyl (C=O) groups excluding carboxylic acids is 2. The monoisotopic (exact) mass is 281 g/mol. The van der Waals surface area contributed by atoms with Gasteiger partial charge in [-0.2, -0.15) is 0 Å². The lowest BCUT2D eigenvalue weighted by atomic mass is 10.0. The fraction of sp³-hybridized carbons (Fsp3) is 0.385. The molecule has 0 saturated carbocycles. The maximum absolute atomic E-state index is 11.4.